The fraction of sp³-hybridized carbons (Fsp3) is 0.0968. The van der Waals surface area contributed by atoms with Crippen molar-refractivity contribution in [1.82, 2.24) is 0 Å². The molecule has 1 heteroatoms. The largest absolute Gasteiger partial charge is 0.130 e. The number of hydrogen-bond acceptors (Lipinski definition) is 0. The molecule has 0 radical (unpaired) electrons. The van der Waals surface area contributed by atoms with Gasteiger partial charge in [-0.1, -0.05) is 144 Å². The molecule has 4 aromatic rings. The Labute approximate surface area is 193 Å². The molecular weight excluding hydrogens is 400 g/mol. The fourth-order valence-electron chi connectivity index (χ4n) is 4.05. The Morgan fingerprint density at radius 3 is 1.53 bits per heavy atom. The van der Waals surface area contributed by atoms with Crippen molar-refractivity contribution in [2.45, 2.75) is 20.4 Å². The Kier molecular flexibility index (Phi) is 6.68. The third kappa shape index (κ3) is 5.07. The smallest absolute Gasteiger partial charge is 0.0949 e. The molecule has 0 saturated heterocycles. The molecule has 4 aromatic carbocycles. The molecule has 0 N–H and O–H groups in total. The van der Waals surface area contributed by atoms with Gasteiger partial charge in [0, 0.05) is 0 Å². The number of rotatable bonds is 6. The van der Waals surface area contributed by atoms with E-state index in [1.54, 1.807) is 0 Å². The molecule has 4 rings (SSSR count). The normalized spacial score (nSPS) is 13.5. The minimum absolute atomic E-state index is 1.24. The highest BCUT2D eigenvalue weighted by Gasteiger charge is 2.22. The van der Waals surface area contributed by atoms with Crippen LogP contribution in [0.15, 0.2) is 121 Å². The van der Waals surface area contributed by atoms with Crippen molar-refractivity contribution in [3.05, 3.63) is 132 Å². The third-order valence-electron chi connectivity index (χ3n) is 6.04. The zero-order valence-electron chi connectivity index (χ0n) is 19.1. The average Bonchev–Trinajstić information content (AvgIpc) is 2.84. The molecule has 0 spiro atoms. The van der Waals surface area contributed by atoms with Gasteiger partial charge in [-0.3, -0.25) is 0 Å². The molecule has 0 nitrogen and oxygen atoms in total. The van der Waals surface area contributed by atoms with Crippen LogP contribution in [0, 0.1) is 6.92 Å². The molecule has 0 amide bonds. The highest BCUT2D eigenvalue weighted by atomic mass is 28.3. The lowest BCUT2D eigenvalue weighted by atomic mass is 9.99. The van der Waals surface area contributed by atoms with Gasteiger partial charge in [0.2, 0.25) is 0 Å². The van der Waals surface area contributed by atoms with Crippen LogP contribution in [0.5, 0.6) is 0 Å². The third-order valence-corrected chi connectivity index (χ3v) is 9.51. The average molecular weight is 431 g/mol. The van der Waals surface area contributed by atoms with E-state index in [1.807, 2.05) is 0 Å². The first kappa shape index (κ1) is 21.8. The summed E-state index contributed by atoms with van der Waals surface area (Å²) < 4.78 is 0. The van der Waals surface area contributed by atoms with Crippen LogP contribution in [-0.2, 0) is 0 Å². The van der Waals surface area contributed by atoms with Crippen molar-refractivity contribution in [3.8, 4) is 22.3 Å². The molecule has 0 aliphatic rings. The summed E-state index contributed by atoms with van der Waals surface area (Å²) in [7, 11) is -1.79. The molecule has 0 saturated carbocycles. The van der Waals surface area contributed by atoms with Crippen molar-refractivity contribution >= 4 is 19.3 Å². The maximum absolute atomic E-state index is 2.42. The Balaban J connectivity index is 1.52. The second-order valence-corrected chi connectivity index (χ2v) is 12.4. The van der Waals surface area contributed by atoms with E-state index in [9.17, 15) is 0 Å². The molecule has 32 heavy (non-hydrogen) atoms. The molecule has 0 heterocycles. The molecule has 0 aliphatic carbocycles. The predicted octanol–water partition coefficient (Wildman–Crippen LogP) is 7.98. The van der Waals surface area contributed by atoms with Crippen molar-refractivity contribution < 1.29 is 0 Å². The van der Waals surface area contributed by atoms with E-state index in [4.69, 9.17) is 0 Å². The summed E-state index contributed by atoms with van der Waals surface area (Å²) in [6, 6.07) is 37.3. The summed E-state index contributed by atoms with van der Waals surface area (Å²) in [4.78, 5) is 0. The summed E-state index contributed by atoms with van der Waals surface area (Å²) in [6.07, 6.45) is 4.47. The number of hydrogen-bond donors (Lipinski definition) is 0. The maximum atomic E-state index is 2.42. The quantitative estimate of drug-likeness (QED) is 0.272. The van der Waals surface area contributed by atoms with Gasteiger partial charge in [0.15, 0.2) is 0 Å². The van der Waals surface area contributed by atoms with Crippen molar-refractivity contribution in [2.24, 2.45) is 0 Å². The van der Waals surface area contributed by atoms with E-state index in [1.165, 1.54) is 38.6 Å². The van der Waals surface area contributed by atoms with Gasteiger partial charge in [0.05, 0.1) is 0 Å². The van der Waals surface area contributed by atoms with Crippen LogP contribution in [0.25, 0.3) is 28.3 Å². The van der Waals surface area contributed by atoms with Crippen LogP contribution in [-0.4, -0.2) is 8.07 Å². The number of aryl methyl sites for hydroxylation is 1. The van der Waals surface area contributed by atoms with E-state index < -0.39 is 8.07 Å². The van der Waals surface area contributed by atoms with Crippen LogP contribution >= 0.6 is 0 Å². The molecule has 1 atom stereocenters. The van der Waals surface area contributed by atoms with Crippen molar-refractivity contribution in [1.29, 1.82) is 0 Å². The van der Waals surface area contributed by atoms with Gasteiger partial charge in [-0.25, -0.2) is 0 Å². The Morgan fingerprint density at radius 2 is 1.03 bits per heavy atom. The molecule has 1 unspecified atom stereocenters. The van der Waals surface area contributed by atoms with Crippen LogP contribution in [0.3, 0.4) is 0 Å². The van der Waals surface area contributed by atoms with Gasteiger partial charge >= 0.3 is 0 Å². The molecule has 0 bridgehead atoms. The van der Waals surface area contributed by atoms with Crippen LogP contribution in [0.4, 0.5) is 0 Å². The molecule has 0 aromatic heterocycles. The summed E-state index contributed by atoms with van der Waals surface area (Å²) in [5.74, 6) is 0. The van der Waals surface area contributed by atoms with Gasteiger partial charge in [-0.2, -0.15) is 0 Å². The zero-order valence-corrected chi connectivity index (χ0v) is 20.1. The van der Waals surface area contributed by atoms with E-state index in [2.05, 4.69) is 147 Å². The maximum Gasteiger partial charge on any atom is 0.130 e. The van der Waals surface area contributed by atoms with Crippen LogP contribution in [0.1, 0.15) is 18.1 Å². The number of benzene rings is 4. The molecular formula is C31H30Si. The standard InChI is InChI=1S/C31H30Si/c1-4-23-32(3,31-8-6-5-7-9-31)24-22-26-12-16-28(17-13-26)30-20-18-29(19-21-30)27-14-10-25(2)11-15-27/h4-24H,1-3H3. The fourth-order valence-corrected chi connectivity index (χ4v) is 6.69. The summed E-state index contributed by atoms with van der Waals surface area (Å²) in [5, 5.41) is 1.43. The lowest BCUT2D eigenvalue weighted by Crippen LogP contribution is -2.41. The highest BCUT2D eigenvalue weighted by Crippen LogP contribution is 2.26. The molecule has 158 valence electrons. The molecule has 0 fully saturated rings. The summed E-state index contributed by atoms with van der Waals surface area (Å²) >= 11 is 0. The van der Waals surface area contributed by atoms with Gasteiger partial charge in [0.1, 0.15) is 8.07 Å². The summed E-state index contributed by atoms with van der Waals surface area (Å²) in [5.41, 5.74) is 12.3. The van der Waals surface area contributed by atoms with E-state index in [-0.39, 0.29) is 0 Å². The first-order valence-corrected chi connectivity index (χ1v) is 13.9. The predicted molar refractivity (Wildman–Crippen MR) is 144 cm³/mol. The SMILES string of the molecule is CC=C[Si](C)(C=Cc1ccc(-c2ccc(-c3ccc(C)cc3)cc2)cc1)c1ccccc1. The van der Waals surface area contributed by atoms with E-state index >= 15 is 0 Å². The topological polar surface area (TPSA) is 0 Å². The number of allylic oxidation sites excluding steroid dienone is 1. The minimum Gasteiger partial charge on any atom is -0.0949 e. The molecule has 0 aliphatic heterocycles. The zero-order chi connectivity index (χ0) is 22.4. The first-order chi connectivity index (χ1) is 15.6. The lowest BCUT2D eigenvalue weighted by Gasteiger charge is -2.20. The Bertz CT molecular complexity index is 1200. The Morgan fingerprint density at radius 1 is 0.562 bits per heavy atom. The Hall–Kier alpha value is -3.42. The van der Waals surface area contributed by atoms with Gasteiger partial charge in [-0.15, -0.1) is 0 Å². The van der Waals surface area contributed by atoms with E-state index in [0.29, 0.717) is 0 Å². The van der Waals surface area contributed by atoms with Crippen LogP contribution in [0.2, 0.25) is 6.55 Å². The van der Waals surface area contributed by atoms with Gasteiger partial charge in [0.25, 0.3) is 0 Å². The first-order valence-electron chi connectivity index (χ1n) is 11.2. The van der Waals surface area contributed by atoms with Crippen molar-refractivity contribution in [3.63, 3.8) is 0 Å². The van der Waals surface area contributed by atoms with Gasteiger partial charge in [-0.05, 0) is 41.7 Å². The highest BCUT2D eigenvalue weighted by molar-refractivity contribution is 6.99. The van der Waals surface area contributed by atoms with Crippen molar-refractivity contribution in [2.75, 3.05) is 0 Å². The lowest BCUT2D eigenvalue weighted by molar-refractivity contribution is 1.47. The second-order valence-electron chi connectivity index (χ2n) is 8.55. The monoisotopic (exact) mass is 430 g/mol. The van der Waals surface area contributed by atoms with Gasteiger partial charge < -0.3 is 0 Å². The second kappa shape index (κ2) is 9.80. The minimum atomic E-state index is -1.79. The van der Waals surface area contributed by atoms with Crippen LogP contribution < -0.4 is 5.19 Å². The van der Waals surface area contributed by atoms with E-state index in [0.717, 1.165) is 0 Å². The summed E-state index contributed by atoms with van der Waals surface area (Å²) in [6.45, 7) is 6.63.